The van der Waals surface area contributed by atoms with Crippen molar-refractivity contribution in [2.75, 3.05) is 13.7 Å². The molecule has 3 aromatic rings. The number of methoxy groups -OCH3 is 1. The predicted molar refractivity (Wildman–Crippen MR) is 159 cm³/mol. The Balaban J connectivity index is 0.000000507. The van der Waals surface area contributed by atoms with Gasteiger partial charge in [-0.25, -0.2) is 0 Å². The maximum Gasteiger partial charge on any atom is 0.320 e. The van der Waals surface area contributed by atoms with Crippen LogP contribution in [0.25, 0.3) is 0 Å². The number of para-hydroxylation sites is 1. The first kappa shape index (κ1) is 36.5. The SMILES string of the molecule is COc1ccccc1CN.NCCCC[C@@H](N)C(=O)O.O=C(O)Cc1ccccc1.O=Cc1ccc(Cl)cc1Cl. The van der Waals surface area contributed by atoms with Gasteiger partial charge in [-0.1, -0.05) is 78.2 Å². The van der Waals surface area contributed by atoms with Crippen molar-refractivity contribution in [1.29, 1.82) is 0 Å². The van der Waals surface area contributed by atoms with E-state index in [1.165, 1.54) is 6.07 Å². The number of hydrogen-bond acceptors (Lipinski definition) is 7. The van der Waals surface area contributed by atoms with Crippen LogP contribution < -0.4 is 21.9 Å². The number of benzene rings is 3. The molecule has 0 aliphatic heterocycles. The van der Waals surface area contributed by atoms with Crippen LogP contribution in [0.1, 0.15) is 40.7 Å². The van der Waals surface area contributed by atoms with Gasteiger partial charge in [0.15, 0.2) is 6.29 Å². The van der Waals surface area contributed by atoms with Crippen molar-refractivity contribution in [1.82, 2.24) is 0 Å². The number of aldehydes is 1. The number of carbonyl (C=O) groups is 3. The second-order valence-electron chi connectivity index (χ2n) is 8.08. The van der Waals surface area contributed by atoms with Crippen molar-refractivity contribution in [2.45, 2.75) is 38.3 Å². The first-order valence-corrected chi connectivity index (χ1v) is 13.0. The second kappa shape index (κ2) is 22.4. The number of hydrogen-bond donors (Lipinski definition) is 5. The topological polar surface area (TPSA) is 179 Å². The monoisotopic (exact) mass is 593 g/mol. The Hall–Kier alpha value is -3.47. The quantitative estimate of drug-likeness (QED) is 0.163. The van der Waals surface area contributed by atoms with Gasteiger partial charge in [-0.15, -0.1) is 0 Å². The van der Waals surface area contributed by atoms with Gasteiger partial charge in [0, 0.05) is 22.7 Å². The molecule has 0 aliphatic rings. The number of halogens is 2. The van der Waals surface area contributed by atoms with E-state index in [0.717, 1.165) is 29.7 Å². The Bertz CT molecular complexity index is 1130. The molecule has 0 unspecified atom stereocenters. The van der Waals surface area contributed by atoms with Crippen LogP contribution in [0, 0.1) is 0 Å². The molecule has 0 radical (unpaired) electrons. The zero-order valence-corrected chi connectivity index (χ0v) is 23.9. The van der Waals surface area contributed by atoms with Gasteiger partial charge in [-0.05, 0) is 49.2 Å². The van der Waals surface area contributed by atoms with Crippen LogP contribution >= 0.6 is 23.2 Å². The summed E-state index contributed by atoms with van der Waals surface area (Å²) >= 11 is 11.2. The van der Waals surface area contributed by atoms with Gasteiger partial charge in [-0.2, -0.15) is 0 Å². The Labute approximate surface area is 244 Å². The molecule has 0 spiro atoms. The van der Waals surface area contributed by atoms with E-state index in [-0.39, 0.29) is 6.42 Å². The van der Waals surface area contributed by atoms with Crippen molar-refractivity contribution in [2.24, 2.45) is 17.2 Å². The van der Waals surface area contributed by atoms with Crippen molar-refractivity contribution >= 4 is 41.4 Å². The van der Waals surface area contributed by atoms with E-state index in [1.807, 2.05) is 42.5 Å². The lowest BCUT2D eigenvalue weighted by atomic mass is 10.1. The summed E-state index contributed by atoms with van der Waals surface area (Å²) < 4.78 is 5.06. The third kappa shape index (κ3) is 17.2. The van der Waals surface area contributed by atoms with Gasteiger partial charge >= 0.3 is 11.9 Å². The summed E-state index contributed by atoms with van der Waals surface area (Å²) in [5.41, 5.74) is 18.2. The highest BCUT2D eigenvalue weighted by atomic mass is 35.5. The van der Waals surface area contributed by atoms with Crippen molar-refractivity contribution in [3.8, 4) is 5.75 Å². The van der Waals surface area contributed by atoms with Gasteiger partial charge in [0.2, 0.25) is 0 Å². The number of carboxylic acids is 2. The van der Waals surface area contributed by atoms with E-state index in [1.54, 1.807) is 31.4 Å². The summed E-state index contributed by atoms with van der Waals surface area (Å²) in [4.78, 5) is 30.5. The molecule has 3 aromatic carbocycles. The molecule has 8 N–H and O–H groups in total. The first-order valence-electron chi connectivity index (χ1n) is 12.3. The smallest absolute Gasteiger partial charge is 0.320 e. The maximum atomic E-state index is 10.2. The third-order valence-corrected chi connectivity index (χ3v) is 5.55. The first-order chi connectivity index (χ1) is 19.1. The number of aliphatic carboxylic acids is 2. The van der Waals surface area contributed by atoms with E-state index >= 15 is 0 Å². The van der Waals surface area contributed by atoms with Gasteiger partial charge in [0.05, 0.1) is 18.6 Å². The van der Waals surface area contributed by atoms with Gasteiger partial charge in [0.25, 0.3) is 0 Å². The standard InChI is InChI=1S/C8H11NO.C8H8O2.C7H4Cl2O.C6H14N2O2/c1-10-8-5-3-2-4-7(8)6-9;9-8(10)6-7-4-2-1-3-5-7;8-6-2-1-5(4-10)7(9)3-6;7-4-2-1-3-5(8)6(9)10/h2-5H,6,9H2,1H3;1-5H,6H2,(H,9,10);1-4H;5H,1-4,7-8H2,(H,9,10)/t;;;5-/m...1/s1. The van der Waals surface area contributed by atoms with Gasteiger partial charge in [0.1, 0.15) is 11.8 Å². The lowest BCUT2D eigenvalue weighted by Gasteiger charge is -2.03. The molecule has 0 aromatic heterocycles. The molecule has 218 valence electrons. The normalized spacial score (nSPS) is 10.2. The molecule has 0 heterocycles. The highest BCUT2D eigenvalue weighted by Crippen LogP contribution is 2.19. The van der Waals surface area contributed by atoms with Crippen molar-refractivity contribution in [3.05, 3.63) is 99.5 Å². The zero-order valence-electron chi connectivity index (χ0n) is 22.3. The molecule has 3 rings (SSSR count). The molecule has 1 atom stereocenters. The molecule has 0 bridgehead atoms. The number of carbonyl (C=O) groups excluding carboxylic acids is 1. The molecule has 0 saturated heterocycles. The maximum absolute atomic E-state index is 10.2. The zero-order chi connectivity index (χ0) is 30.3. The minimum absolute atomic E-state index is 0.112. The van der Waals surface area contributed by atoms with Crippen LogP contribution in [0.5, 0.6) is 5.75 Å². The van der Waals surface area contributed by atoms with Crippen molar-refractivity contribution in [3.63, 3.8) is 0 Å². The number of unbranched alkanes of at least 4 members (excludes halogenated alkanes) is 1. The van der Waals surface area contributed by atoms with Crippen molar-refractivity contribution < 1.29 is 29.3 Å². The molecule has 11 heteroatoms. The summed E-state index contributed by atoms with van der Waals surface area (Å²) in [7, 11) is 1.65. The summed E-state index contributed by atoms with van der Waals surface area (Å²) in [6.45, 7) is 1.14. The Morgan fingerprint density at radius 2 is 1.57 bits per heavy atom. The highest BCUT2D eigenvalue weighted by molar-refractivity contribution is 6.36. The molecule has 0 saturated carbocycles. The predicted octanol–water partition coefficient (Wildman–Crippen LogP) is 4.80. The van der Waals surface area contributed by atoms with Crippen LogP contribution in [0.15, 0.2) is 72.8 Å². The molecular formula is C29H37Cl2N3O6. The number of carboxylic acid groups (broad SMARTS) is 2. The van der Waals surface area contributed by atoms with Crippen LogP contribution in [0.2, 0.25) is 10.0 Å². The molecule has 0 amide bonds. The summed E-state index contributed by atoms with van der Waals surface area (Å²) in [6, 6.07) is 20.9. The van der Waals surface area contributed by atoms with Crippen LogP contribution in [-0.2, 0) is 22.6 Å². The van der Waals surface area contributed by atoms with E-state index in [9.17, 15) is 14.4 Å². The molecular weight excluding hydrogens is 557 g/mol. The highest BCUT2D eigenvalue weighted by Gasteiger charge is 2.09. The largest absolute Gasteiger partial charge is 0.496 e. The van der Waals surface area contributed by atoms with E-state index in [2.05, 4.69) is 0 Å². The van der Waals surface area contributed by atoms with Crippen LogP contribution in [0.4, 0.5) is 0 Å². The van der Waals surface area contributed by atoms with E-state index in [0.29, 0.717) is 41.4 Å². The minimum Gasteiger partial charge on any atom is -0.496 e. The third-order valence-electron chi connectivity index (χ3n) is 4.99. The Kier molecular flexibility index (Phi) is 20.4. The molecule has 40 heavy (non-hydrogen) atoms. The molecule has 0 aliphatic carbocycles. The fourth-order valence-electron chi connectivity index (χ4n) is 2.87. The summed E-state index contributed by atoms with van der Waals surface area (Å²) in [5, 5.41) is 17.6. The number of ether oxygens (including phenoxy) is 1. The molecule has 0 fully saturated rings. The second-order valence-corrected chi connectivity index (χ2v) is 8.93. The summed E-state index contributed by atoms with van der Waals surface area (Å²) in [5.74, 6) is -0.853. The Morgan fingerprint density at radius 3 is 2.05 bits per heavy atom. The van der Waals surface area contributed by atoms with Gasteiger partial charge < -0.3 is 32.2 Å². The van der Waals surface area contributed by atoms with Crippen LogP contribution in [0.3, 0.4) is 0 Å². The van der Waals surface area contributed by atoms with Crippen LogP contribution in [-0.4, -0.2) is 48.1 Å². The fourth-order valence-corrected chi connectivity index (χ4v) is 3.32. The molecule has 9 nitrogen and oxygen atoms in total. The minimum atomic E-state index is -0.933. The number of nitrogens with two attached hydrogens (primary N) is 3. The van der Waals surface area contributed by atoms with Gasteiger partial charge in [-0.3, -0.25) is 14.4 Å². The van der Waals surface area contributed by atoms with E-state index in [4.69, 9.17) is 55.4 Å². The number of rotatable bonds is 10. The Morgan fingerprint density at radius 1 is 0.950 bits per heavy atom. The lowest BCUT2D eigenvalue weighted by molar-refractivity contribution is -0.139. The fraction of sp³-hybridized carbons (Fsp3) is 0.276. The van der Waals surface area contributed by atoms with E-state index < -0.39 is 18.0 Å². The lowest BCUT2D eigenvalue weighted by Crippen LogP contribution is -2.29. The average molecular weight is 595 g/mol. The average Bonchev–Trinajstić information content (AvgIpc) is 2.94. The summed E-state index contributed by atoms with van der Waals surface area (Å²) in [6.07, 6.45) is 2.97.